The minimum absolute atomic E-state index is 0.000754. The topological polar surface area (TPSA) is 134 Å². The molecule has 4 aromatic rings. The van der Waals surface area contributed by atoms with Gasteiger partial charge in [-0.2, -0.15) is 4.98 Å². The normalized spacial score (nSPS) is 15.0. The molecule has 0 saturated carbocycles. The summed E-state index contributed by atoms with van der Waals surface area (Å²) < 4.78 is 34.9. The number of aromatic nitrogens is 4. The fourth-order valence-electron chi connectivity index (χ4n) is 3.87. The largest absolute Gasteiger partial charge is 0.490 e. The molecule has 1 unspecified atom stereocenters. The average molecular weight is 454 g/mol. The van der Waals surface area contributed by atoms with Crippen molar-refractivity contribution in [3.8, 4) is 5.75 Å². The number of imidazole rings is 1. The van der Waals surface area contributed by atoms with Crippen molar-refractivity contribution in [2.24, 2.45) is 0 Å². The highest BCUT2D eigenvalue weighted by molar-refractivity contribution is 5.89. The molecule has 0 bridgehead atoms. The Morgan fingerprint density at radius 1 is 1.24 bits per heavy atom. The van der Waals surface area contributed by atoms with E-state index in [1.807, 2.05) is 0 Å². The summed E-state index contributed by atoms with van der Waals surface area (Å²) in [5, 5.41) is 13.9. The molecule has 1 atom stereocenters. The molecule has 2 aromatic heterocycles. The predicted octanol–water partition coefficient (Wildman–Crippen LogP) is 3.60. The van der Waals surface area contributed by atoms with Crippen LogP contribution in [0.4, 0.5) is 30.9 Å². The number of para-hydroxylation sites is 1. The minimum atomic E-state index is -1.33. The van der Waals surface area contributed by atoms with Gasteiger partial charge in [-0.05, 0) is 24.3 Å². The van der Waals surface area contributed by atoms with Gasteiger partial charge in [-0.1, -0.05) is 12.1 Å². The summed E-state index contributed by atoms with van der Waals surface area (Å²) in [6.45, 7) is 0.210. The van der Waals surface area contributed by atoms with Crippen LogP contribution in [0, 0.1) is 11.6 Å². The van der Waals surface area contributed by atoms with Crippen LogP contribution >= 0.6 is 0 Å². The number of anilines is 3. The lowest BCUT2D eigenvalue weighted by Gasteiger charge is -2.26. The highest BCUT2D eigenvalue weighted by Gasteiger charge is 2.28. The number of fused-ring (bicyclic) bond motifs is 2. The number of hydrogen-bond donors (Lipinski definition) is 4. The number of H-pyrrole nitrogens is 1. The van der Waals surface area contributed by atoms with E-state index < -0.39 is 29.5 Å². The third kappa shape index (κ3) is 3.71. The summed E-state index contributed by atoms with van der Waals surface area (Å²) in [4.78, 5) is 35.0. The SMILES string of the molecule is O=C(O)Nc1ccc(F)cc1Nc1ncc2[nH]c(=O)n(C3CCOc4c(F)cccc43)c2n1. The molecule has 12 heteroatoms. The third-order valence-corrected chi connectivity index (χ3v) is 5.23. The van der Waals surface area contributed by atoms with E-state index in [9.17, 15) is 18.4 Å². The molecule has 0 fully saturated rings. The van der Waals surface area contributed by atoms with Gasteiger partial charge in [0.2, 0.25) is 5.95 Å². The average Bonchev–Trinajstić information content (AvgIpc) is 3.10. The number of ether oxygens (including phenoxy) is 1. The first-order valence-electron chi connectivity index (χ1n) is 9.85. The summed E-state index contributed by atoms with van der Waals surface area (Å²) in [5.74, 6) is -1.03. The zero-order chi connectivity index (χ0) is 23.1. The van der Waals surface area contributed by atoms with Crippen molar-refractivity contribution < 1.29 is 23.4 Å². The number of rotatable bonds is 4. The number of nitrogens with one attached hydrogen (secondary N) is 3. The van der Waals surface area contributed by atoms with Gasteiger partial charge < -0.3 is 20.1 Å². The molecule has 0 radical (unpaired) electrons. The number of halogens is 2. The second-order valence-electron chi connectivity index (χ2n) is 7.29. The molecule has 4 N–H and O–H groups in total. The maximum atomic E-state index is 14.2. The van der Waals surface area contributed by atoms with Crippen LogP contribution in [0.2, 0.25) is 0 Å². The lowest BCUT2D eigenvalue weighted by atomic mass is 10.00. The summed E-state index contributed by atoms with van der Waals surface area (Å²) in [6, 6.07) is 7.41. The number of hydrogen-bond acceptors (Lipinski definition) is 6. The Bertz CT molecular complexity index is 1450. The second kappa shape index (κ2) is 7.89. The molecule has 10 nitrogen and oxygen atoms in total. The van der Waals surface area contributed by atoms with Crippen LogP contribution in [0.5, 0.6) is 5.75 Å². The molecule has 1 aliphatic rings. The summed E-state index contributed by atoms with van der Waals surface area (Å²) in [7, 11) is 0. The van der Waals surface area contributed by atoms with E-state index in [2.05, 4.69) is 25.6 Å². The van der Waals surface area contributed by atoms with Gasteiger partial charge in [-0.25, -0.2) is 23.4 Å². The van der Waals surface area contributed by atoms with Crippen molar-refractivity contribution in [2.75, 3.05) is 17.2 Å². The molecule has 5 rings (SSSR count). The Balaban J connectivity index is 1.58. The van der Waals surface area contributed by atoms with E-state index in [0.29, 0.717) is 17.5 Å². The Labute approximate surface area is 183 Å². The minimum Gasteiger partial charge on any atom is -0.490 e. The molecule has 1 aliphatic heterocycles. The first-order valence-corrected chi connectivity index (χ1v) is 9.85. The number of carbonyl (C=O) groups is 1. The maximum absolute atomic E-state index is 14.2. The van der Waals surface area contributed by atoms with E-state index in [1.54, 1.807) is 12.1 Å². The summed E-state index contributed by atoms with van der Waals surface area (Å²) in [5.41, 5.74) is 0.808. The number of carboxylic acid groups (broad SMARTS) is 1. The van der Waals surface area contributed by atoms with Gasteiger partial charge >= 0.3 is 11.8 Å². The van der Waals surface area contributed by atoms with Gasteiger partial charge in [0.05, 0.1) is 30.2 Å². The lowest BCUT2D eigenvalue weighted by molar-refractivity contribution is 0.209. The zero-order valence-electron chi connectivity index (χ0n) is 16.8. The molecule has 0 saturated heterocycles. The van der Waals surface area contributed by atoms with Gasteiger partial charge in [0.15, 0.2) is 17.2 Å². The summed E-state index contributed by atoms with van der Waals surface area (Å²) >= 11 is 0. The monoisotopic (exact) mass is 454 g/mol. The fraction of sp³-hybridized carbons (Fsp3) is 0.143. The number of nitrogens with zero attached hydrogens (tertiary/aromatic N) is 3. The standard InChI is InChI=1S/C21H16F2N6O4/c22-10-4-5-13(27-21(31)32)14(8-10)25-19-24-9-15-18(28-19)29(20(30)26-15)16-6-7-33-17-11(16)2-1-3-12(17)23/h1-5,8-9,16,27H,6-7H2,(H,26,30)(H,31,32)(H,24,25,28). The molecular weight excluding hydrogens is 438 g/mol. The van der Waals surface area contributed by atoms with Crippen molar-refractivity contribution in [2.45, 2.75) is 12.5 Å². The van der Waals surface area contributed by atoms with Crippen LogP contribution in [0.1, 0.15) is 18.0 Å². The van der Waals surface area contributed by atoms with E-state index in [0.717, 1.165) is 12.1 Å². The van der Waals surface area contributed by atoms with Crippen molar-refractivity contribution in [3.05, 3.63) is 70.3 Å². The van der Waals surface area contributed by atoms with Gasteiger partial charge in [0, 0.05) is 12.0 Å². The molecule has 0 aliphatic carbocycles. The number of amides is 1. The fourth-order valence-corrected chi connectivity index (χ4v) is 3.87. The van der Waals surface area contributed by atoms with Crippen molar-refractivity contribution in [1.82, 2.24) is 19.5 Å². The molecular formula is C21H16F2N6O4. The lowest BCUT2D eigenvalue weighted by Crippen LogP contribution is -2.28. The Kier molecular flexibility index (Phi) is 4.89. The van der Waals surface area contributed by atoms with Gasteiger partial charge in [-0.3, -0.25) is 9.88 Å². The third-order valence-electron chi connectivity index (χ3n) is 5.23. The van der Waals surface area contributed by atoms with Gasteiger partial charge in [0.1, 0.15) is 11.3 Å². The first-order chi connectivity index (χ1) is 15.9. The Morgan fingerprint density at radius 3 is 2.91 bits per heavy atom. The molecule has 2 aromatic carbocycles. The molecule has 1 amide bonds. The highest BCUT2D eigenvalue weighted by atomic mass is 19.1. The van der Waals surface area contributed by atoms with Crippen LogP contribution < -0.4 is 21.1 Å². The van der Waals surface area contributed by atoms with Crippen LogP contribution in [0.15, 0.2) is 47.4 Å². The Morgan fingerprint density at radius 2 is 2.09 bits per heavy atom. The number of aromatic amines is 1. The molecule has 168 valence electrons. The van der Waals surface area contributed by atoms with Crippen molar-refractivity contribution in [3.63, 3.8) is 0 Å². The van der Waals surface area contributed by atoms with Crippen LogP contribution in [-0.2, 0) is 0 Å². The summed E-state index contributed by atoms with van der Waals surface area (Å²) in [6.07, 6.45) is 0.455. The maximum Gasteiger partial charge on any atom is 0.409 e. The zero-order valence-corrected chi connectivity index (χ0v) is 16.8. The van der Waals surface area contributed by atoms with Crippen LogP contribution in [0.25, 0.3) is 11.2 Å². The van der Waals surface area contributed by atoms with Crippen molar-refractivity contribution >= 4 is 34.6 Å². The molecule has 3 heterocycles. The van der Waals surface area contributed by atoms with Crippen molar-refractivity contribution in [1.29, 1.82) is 0 Å². The first kappa shape index (κ1) is 20.4. The van der Waals surface area contributed by atoms with E-state index in [4.69, 9.17) is 9.84 Å². The number of benzene rings is 2. The van der Waals surface area contributed by atoms with E-state index in [1.165, 1.54) is 22.9 Å². The van der Waals surface area contributed by atoms with Crippen LogP contribution in [0.3, 0.4) is 0 Å². The van der Waals surface area contributed by atoms with Gasteiger partial charge in [0.25, 0.3) is 0 Å². The predicted molar refractivity (Wildman–Crippen MR) is 114 cm³/mol. The van der Waals surface area contributed by atoms with Gasteiger partial charge in [-0.15, -0.1) is 0 Å². The van der Waals surface area contributed by atoms with E-state index in [-0.39, 0.29) is 35.3 Å². The smallest absolute Gasteiger partial charge is 0.409 e. The molecule has 33 heavy (non-hydrogen) atoms. The highest BCUT2D eigenvalue weighted by Crippen LogP contribution is 2.37. The van der Waals surface area contributed by atoms with Crippen LogP contribution in [-0.4, -0.2) is 37.3 Å². The van der Waals surface area contributed by atoms with E-state index >= 15 is 0 Å². The quantitative estimate of drug-likeness (QED) is 0.370. The Hall–Kier alpha value is -4.48. The second-order valence-corrected chi connectivity index (χ2v) is 7.29. The molecule has 0 spiro atoms.